The molecule has 1 amide bonds. The summed E-state index contributed by atoms with van der Waals surface area (Å²) in [6.07, 6.45) is -0.160. The lowest BCUT2D eigenvalue weighted by molar-refractivity contribution is -0.385. The van der Waals surface area contributed by atoms with E-state index in [0.29, 0.717) is 16.8 Å². The molecule has 1 N–H and O–H groups in total. The van der Waals surface area contributed by atoms with Crippen LogP contribution in [0.15, 0.2) is 42.5 Å². The first-order valence-corrected chi connectivity index (χ1v) is 6.65. The zero-order valence-electron chi connectivity index (χ0n) is 12.2. The number of benzene rings is 2. The summed E-state index contributed by atoms with van der Waals surface area (Å²) < 4.78 is 0. The molecule has 2 rings (SSSR count). The van der Waals surface area contributed by atoms with Crippen molar-refractivity contribution in [1.82, 2.24) is 0 Å². The summed E-state index contributed by atoms with van der Waals surface area (Å²) in [5, 5.41) is 24.2. The molecule has 2 aromatic carbocycles. The van der Waals surface area contributed by atoms with Gasteiger partial charge in [0.2, 0.25) is 5.91 Å². The van der Waals surface area contributed by atoms with E-state index < -0.39 is 15.8 Å². The van der Waals surface area contributed by atoms with Crippen molar-refractivity contribution in [1.29, 1.82) is 0 Å². The van der Waals surface area contributed by atoms with Gasteiger partial charge in [-0.25, -0.2) is 0 Å². The van der Waals surface area contributed by atoms with Crippen LogP contribution in [0, 0.1) is 27.2 Å². The van der Waals surface area contributed by atoms with Gasteiger partial charge in [0.05, 0.1) is 16.3 Å². The van der Waals surface area contributed by atoms with Gasteiger partial charge in [0.1, 0.15) is 0 Å². The van der Waals surface area contributed by atoms with Crippen LogP contribution < -0.4 is 5.32 Å². The van der Waals surface area contributed by atoms with Crippen molar-refractivity contribution in [3.63, 3.8) is 0 Å². The van der Waals surface area contributed by atoms with E-state index in [-0.39, 0.29) is 17.8 Å². The van der Waals surface area contributed by atoms with Gasteiger partial charge < -0.3 is 5.32 Å². The van der Waals surface area contributed by atoms with Gasteiger partial charge in [-0.15, -0.1) is 0 Å². The highest BCUT2D eigenvalue weighted by molar-refractivity contribution is 5.93. The first kappa shape index (κ1) is 16.1. The fraction of sp³-hybridized carbons (Fsp3) is 0.133. The largest absolute Gasteiger partial charge is 0.326 e. The Kier molecular flexibility index (Phi) is 4.65. The zero-order chi connectivity index (χ0) is 17.0. The van der Waals surface area contributed by atoms with E-state index in [9.17, 15) is 25.0 Å². The number of aryl methyl sites for hydroxylation is 1. The topological polar surface area (TPSA) is 115 Å². The molecular weight excluding hydrogens is 302 g/mol. The fourth-order valence-corrected chi connectivity index (χ4v) is 2.15. The van der Waals surface area contributed by atoms with Crippen LogP contribution in [-0.2, 0) is 11.2 Å². The highest BCUT2D eigenvalue weighted by Gasteiger charge is 2.16. The molecule has 8 heteroatoms. The van der Waals surface area contributed by atoms with Crippen LogP contribution in [0.1, 0.15) is 11.1 Å². The van der Waals surface area contributed by atoms with Gasteiger partial charge >= 0.3 is 0 Å². The molecule has 0 bridgehead atoms. The van der Waals surface area contributed by atoms with Gasteiger partial charge in [0.25, 0.3) is 11.4 Å². The molecule has 0 aliphatic heterocycles. The van der Waals surface area contributed by atoms with Crippen molar-refractivity contribution in [2.45, 2.75) is 13.3 Å². The predicted molar refractivity (Wildman–Crippen MR) is 83.3 cm³/mol. The number of hydrogen-bond acceptors (Lipinski definition) is 5. The molecule has 0 unspecified atom stereocenters. The molecule has 0 aliphatic carbocycles. The summed E-state index contributed by atoms with van der Waals surface area (Å²) >= 11 is 0. The Morgan fingerprint density at radius 3 is 2.30 bits per heavy atom. The number of nitro benzene ring substituents is 2. The molecule has 0 saturated carbocycles. The van der Waals surface area contributed by atoms with Crippen LogP contribution in [0.25, 0.3) is 0 Å². The monoisotopic (exact) mass is 315 g/mol. The average molecular weight is 315 g/mol. The summed E-state index contributed by atoms with van der Waals surface area (Å²) in [6, 6.07) is 10.2. The van der Waals surface area contributed by atoms with Gasteiger partial charge in [-0.05, 0) is 19.1 Å². The number of para-hydroxylation sites is 1. The van der Waals surface area contributed by atoms with Gasteiger partial charge in [0.15, 0.2) is 0 Å². The number of carbonyl (C=O) groups excluding carboxylic acids is 1. The lowest BCUT2D eigenvalue weighted by Gasteiger charge is -2.07. The van der Waals surface area contributed by atoms with Crippen molar-refractivity contribution in [3.8, 4) is 0 Å². The van der Waals surface area contributed by atoms with Gasteiger partial charge in [-0.1, -0.05) is 18.2 Å². The molecule has 0 heterocycles. The SMILES string of the molecule is Cc1cc(NC(=O)Cc2ccccc2[N+](=O)[O-])ccc1[N+](=O)[O-]. The molecule has 0 atom stereocenters. The van der Waals surface area contributed by atoms with Crippen LogP contribution in [0.4, 0.5) is 17.1 Å². The molecule has 0 radical (unpaired) electrons. The standard InChI is InChI=1S/C15H13N3O5/c1-10-8-12(6-7-13(10)17(20)21)16-15(19)9-11-4-2-3-5-14(11)18(22)23/h2-8H,9H2,1H3,(H,16,19). The highest BCUT2D eigenvalue weighted by Crippen LogP contribution is 2.22. The number of hydrogen-bond donors (Lipinski definition) is 1. The first-order chi connectivity index (χ1) is 10.9. The van der Waals surface area contributed by atoms with Crippen LogP contribution in [-0.4, -0.2) is 15.8 Å². The Balaban J connectivity index is 2.13. The van der Waals surface area contributed by atoms with Crippen molar-refractivity contribution in [2.24, 2.45) is 0 Å². The van der Waals surface area contributed by atoms with Crippen LogP contribution >= 0.6 is 0 Å². The van der Waals surface area contributed by atoms with E-state index in [1.807, 2.05) is 0 Å². The second kappa shape index (κ2) is 6.65. The van der Waals surface area contributed by atoms with E-state index in [4.69, 9.17) is 0 Å². The zero-order valence-corrected chi connectivity index (χ0v) is 12.2. The molecule has 0 aromatic heterocycles. The van der Waals surface area contributed by atoms with E-state index in [1.165, 1.54) is 36.4 Å². The van der Waals surface area contributed by atoms with Gasteiger partial charge in [0, 0.05) is 28.9 Å². The number of rotatable bonds is 5. The molecular formula is C15H13N3O5. The van der Waals surface area contributed by atoms with Crippen LogP contribution in [0.5, 0.6) is 0 Å². The quantitative estimate of drug-likeness (QED) is 0.672. The summed E-state index contributed by atoms with van der Waals surface area (Å²) in [5.41, 5.74) is 0.952. The summed E-state index contributed by atoms with van der Waals surface area (Å²) in [5.74, 6) is -0.437. The maximum absolute atomic E-state index is 12.0. The third-order valence-corrected chi connectivity index (χ3v) is 3.22. The maximum atomic E-state index is 12.0. The Morgan fingerprint density at radius 1 is 1.04 bits per heavy atom. The minimum absolute atomic E-state index is 0.0401. The smallest absolute Gasteiger partial charge is 0.273 e. The second-order valence-corrected chi connectivity index (χ2v) is 4.87. The Morgan fingerprint density at radius 2 is 1.70 bits per heavy atom. The summed E-state index contributed by atoms with van der Waals surface area (Å²) in [7, 11) is 0. The van der Waals surface area contributed by atoms with Crippen LogP contribution in [0.3, 0.4) is 0 Å². The number of anilines is 1. The molecule has 8 nitrogen and oxygen atoms in total. The third kappa shape index (κ3) is 3.88. The number of nitrogens with zero attached hydrogens (tertiary/aromatic N) is 2. The normalized spacial score (nSPS) is 10.1. The minimum Gasteiger partial charge on any atom is -0.326 e. The van der Waals surface area contributed by atoms with E-state index in [0.717, 1.165) is 0 Å². The number of carbonyl (C=O) groups is 1. The Hall–Kier alpha value is -3.29. The van der Waals surface area contributed by atoms with Crippen molar-refractivity contribution in [2.75, 3.05) is 5.32 Å². The van der Waals surface area contributed by atoms with Gasteiger partial charge in [-0.2, -0.15) is 0 Å². The van der Waals surface area contributed by atoms with Gasteiger partial charge in [-0.3, -0.25) is 25.0 Å². The maximum Gasteiger partial charge on any atom is 0.273 e. The van der Waals surface area contributed by atoms with E-state index >= 15 is 0 Å². The Labute approximate surface area is 131 Å². The fourth-order valence-electron chi connectivity index (χ4n) is 2.15. The van der Waals surface area contributed by atoms with Crippen LogP contribution in [0.2, 0.25) is 0 Å². The average Bonchev–Trinajstić information content (AvgIpc) is 2.47. The molecule has 0 saturated heterocycles. The molecule has 2 aromatic rings. The molecule has 0 spiro atoms. The molecule has 0 aliphatic rings. The lowest BCUT2D eigenvalue weighted by Crippen LogP contribution is -2.15. The number of amides is 1. The van der Waals surface area contributed by atoms with Crippen molar-refractivity contribution in [3.05, 3.63) is 73.8 Å². The minimum atomic E-state index is -0.543. The third-order valence-electron chi connectivity index (χ3n) is 3.22. The summed E-state index contributed by atoms with van der Waals surface area (Å²) in [6.45, 7) is 1.57. The summed E-state index contributed by atoms with van der Waals surface area (Å²) in [4.78, 5) is 32.6. The van der Waals surface area contributed by atoms with E-state index in [1.54, 1.807) is 13.0 Å². The lowest BCUT2D eigenvalue weighted by atomic mass is 10.1. The van der Waals surface area contributed by atoms with Crippen molar-refractivity contribution >= 4 is 23.0 Å². The van der Waals surface area contributed by atoms with Crippen molar-refractivity contribution < 1.29 is 14.6 Å². The van der Waals surface area contributed by atoms with E-state index in [2.05, 4.69) is 5.32 Å². The molecule has 118 valence electrons. The molecule has 0 fully saturated rings. The number of nitrogens with one attached hydrogen (secondary N) is 1. The first-order valence-electron chi connectivity index (χ1n) is 6.65. The Bertz CT molecular complexity index is 788. The second-order valence-electron chi connectivity index (χ2n) is 4.87. The predicted octanol–water partition coefficient (Wildman–Crippen LogP) is 2.99. The number of nitro groups is 2. The highest BCUT2D eigenvalue weighted by atomic mass is 16.6. The molecule has 23 heavy (non-hydrogen) atoms.